The largest absolute Gasteiger partial charge is 0.381 e. The van der Waals surface area contributed by atoms with Crippen LogP contribution >= 0.6 is 0 Å². The van der Waals surface area contributed by atoms with E-state index in [1.165, 1.54) is 19.1 Å². The Bertz CT molecular complexity index is 606. The normalized spacial score (nSPS) is 18.4. The molecule has 1 heterocycles. The van der Waals surface area contributed by atoms with Crippen LogP contribution in [0.3, 0.4) is 0 Å². The molecule has 2 rings (SSSR count). The van der Waals surface area contributed by atoms with E-state index in [2.05, 4.69) is 4.72 Å². The second-order valence-electron chi connectivity index (χ2n) is 5.44. The van der Waals surface area contributed by atoms with Crippen LogP contribution in [0.15, 0.2) is 29.2 Å². The number of hydrogen-bond donors (Lipinski definition) is 1. The van der Waals surface area contributed by atoms with Gasteiger partial charge < -0.3 is 4.74 Å². The second-order valence-corrected chi connectivity index (χ2v) is 7.16. The average Bonchev–Trinajstić information content (AvgIpc) is 2.48. The van der Waals surface area contributed by atoms with Crippen molar-refractivity contribution in [3.8, 4) is 0 Å². The molecule has 1 aromatic carbocycles. The maximum absolute atomic E-state index is 12.4. The van der Waals surface area contributed by atoms with E-state index in [1.54, 1.807) is 12.1 Å². The number of benzene rings is 1. The summed E-state index contributed by atoms with van der Waals surface area (Å²) in [4.78, 5) is 11.5. The molecule has 116 valence electrons. The first-order valence-electron chi connectivity index (χ1n) is 7.11. The van der Waals surface area contributed by atoms with Crippen LogP contribution in [-0.4, -0.2) is 33.5 Å². The van der Waals surface area contributed by atoms with Gasteiger partial charge in [-0.05, 0) is 44.7 Å². The number of Topliss-reactive ketones (excluding diaryl/α,β-unsaturated/α-hetero) is 1. The van der Waals surface area contributed by atoms with E-state index < -0.39 is 10.0 Å². The van der Waals surface area contributed by atoms with E-state index >= 15 is 0 Å². The zero-order valence-electron chi connectivity index (χ0n) is 12.3. The number of hydrogen-bond acceptors (Lipinski definition) is 4. The Morgan fingerprint density at radius 1 is 1.33 bits per heavy atom. The molecule has 0 radical (unpaired) electrons. The lowest BCUT2D eigenvalue weighted by atomic mass is 9.94. The lowest BCUT2D eigenvalue weighted by Gasteiger charge is -2.28. The smallest absolute Gasteiger partial charge is 0.240 e. The molecule has 1 atom stereocenters. The SMILES string of the molecule is CC(=O)c1cccc(S(=O)(=O)NC(C)C2CCOCC2)c1. The van der Waals surface area contributed by atoms with E-state index in [0.29, 0.717) is 18.8 Å². The minimum atomic E-state index is -3.61. The van der Waals surface area contributed by atoms with Crippen LogP contribution in [0.4, 0.5) is 0 Å². The van der Waals surface area contributed by atoms with Gasteiger partial charge in [0, 0.05) is 24.8 Å². The van der Waals surface area contributed by atoms with Crippen molar-refractivity contribution in [1.29, 1.82) is 0 Å². The Kier molecular flexibility index (Phi) is 5.13. The highest BCUT2D eigenvalue weighted by molar-refractivity contribution is 7.89. The summed E-state index contributed by atoms with van der Waals surface area (Å²) < 4.78 is 32.8. The minimum absolute atomic E-state index is 0.133. The third kappa shape index (κ3) is 4.12. The van der Waals surface area contributed by atoms with Gasteiger partial charge in [0.25, 0.3) is 0 Å². The minimum Gasteiger partial charge on any atom is -0.381 e. The van der Waals surface area contributed by atoms with Crippen LogP contribution in [-0.2, 0) is 14.8 Å². The van der Waals surface area contributed by atoms with Gasteiger partial charge in [0.05, 0.1) is 4.90 Å². The zero-order valence-corrected chi connectivity index (χ0v) is 13.2. The van der Waals surface area contributed by atoms with Gasteiger partial charge in [-0.15, -0.1) is 0 Å². The van der Waals surface area contributed by atoms with Gasteiger partial charge in [-0.2, -0.15) is 0 Å². The van der Waals surface area contributed by atoms with Gasteiger partial charge in [0.2, 0.25) is 10.0 Å². The first-order chi connectivity index (χ1) is 9.90. The standard InChI is InChI=1S/C15H21NO4S/c1-11(13-6-8-20-9-7-13)16-21(18,19)15-5-3-4-14(10-15)12(2)17/h3-5,10-11,13,16H,6-9H2,1-2H3. The van der Waals surface area contributed by atoms with E-state index in [4.69, 9.17) is 4.74 Å². The van der Waals surface area contributed by atoms with Gasteiger partial charge in [0.1, 0.15) is 0 Å². The molecular weight excluding hydrogens is 290 g/mol. The summed E-state index contributed by atoms with van der Waals surface area (Å²) in [7, 11) is -3.61. The summed E-state index contributed by atoms with van der Waals surface area (Å²) in [5, 5.41) is 0. The Balaban J connectivity index is 2.14. The predicted octanol–water partition coefficient (Wildman–Crippen LogP) is 1.98. The molecule has 5 nitrogen and oxygen atoms in total. The summed E-state index contributed by atoms with van der Waals surface area (Å²) in [5.41, 5.74) is 0.400. The third-order valence-corrected chi connectivity index (χ3v) is 5.42. The van der Waals surface area contributed by atoms with Crippen molar-refractivity contribution < 1.29 is 17.9 Å². The summed E-state index contributed by atoms with van der Waals surface area (Å²) in [6.45, 7) is 4.65. The quantitative estimate of drug-likeness (QED) is 0.844. The molecular formula is C15H21NO4S. The topological polar surface area (TPSA) is 72.5 Å². The van der Waals surface area contributed by atoms with Crippen molar-refractivity contribution in [3.05, 3.63) is 29.8 Å². The van der Waals surface area contributed by atoms with Crippen molar-refractivity contribution in [2.45, 2.75) is 37.6 Å². The summed E-state index contributed by atoms with van der Waals surface area (Å²) >= 11 is 0. The monoisotopic (exact) mass is 311 g/mol. The van der Waals surface area contributed by atoms with Crippen molar-refractivity contribution in [1.82, 2.24) is 4.72 Å². The Hall–Kier alpha value is -1.24. The van der Waals surface area contributed by atoms with E-state index in [1.807, 2.05) is 6.92 Å². The average molecular weight is 311 g/mol. The van der Waals surface area contributed by atoms with Gasteiger partial charge in [-0.25, -0.2) is 13.1 Å². The fraction of sp³-hybridized carbons (Fsp3) is 0.533. The molecule has 1 N–H and O–H groups in total. The first-order valence-corrected chi connectivity index (χ1v) is 8.59. The highest BCUT2D eigenvalue weighted by atomic mass is 32.2. The zero-order chi connectivity index (χ0) is 15.5. The van der Waals surface area contributed by atoms with Crippen molar-refractivity contribution in [3.63, 3.8) is 0 Å². The maximum Gasteiger partial charge on any atom is 0.240 e. The molecule has 1 saturated heterocycles. The van der Waals surface area contributed by atoms with E-state index in [0.717, 1.165) is 12.8 Å². The molecule has 1 aromatic rings. The van der Waals surface area contributed by atoms with Crippen molar-refractivity contribution >= 4 is 15.8 Å². The van der Waals surface area contributed by atoms with Crippen LogP contribution in [0.2, 0.25) is 0 Å². The summed E-state index contributed by atoms with van der Waals surface area (Å²) in [5.74, 6) is 0.133. The third-order valence-electron chi connectivity index (χ3n) is 3.86. The molecule has 1 unspecified atom stereocenters. The molecule has 21 heavy (non-hydrogen) atoms. The highest BCUT2D eigenvalue weighted by Crippen LogP contribution is 2.21. The molecule has 1 fully saturated rings. The second kappa shape index (κ2) is 6.68. The number of ether oxygens (including phenoxy) is 1. The molecule has 0 bridgehead atoms. The van der Waals surface area contributed by atoms with Crippen LogP contribution in [0.5, 0.6) is 0 Å². The van der Waals surface area contributed by atoms with Gasteiger partial charge in [-0.3, -0.25) is 4.79 Å². The molecule has 1 aliphatic heterocycles. The van der Waals surface area contributed by atoms with E-state index in [9.17, 15) is 13.2 Å². The lowest BCUT2D eigenvalue weighted by molar-refractivity contribution is 0.0585. The molecule has 0 spiro atoms. The van der Waals surface area contributed by atoms with Gasteiger partial charge >= 0.3 is 0 Å². The van der Waals surface area contributed by atoms with Crippen LogP contribution in [0.25, 0.3) is 0 Å². The Morgan fingerprint density at radius 3 is 2.62 bits per heavy atom. The fourth-order valence-corrected chi connectivity index (χ4v) is 3.86. The molecule has 0 saturated carbocycles. The number of nitrogens with one attached hydrogen (secondary N) is 1. The molecule has 0 amide bonds. The number of carbonyl (C=O) groups excluding carboxylic acids is 1. The Morgan fingerprint density at radius 2 is 2.00 bits per heavy atom. The number of rotatable bonds is 5. The first kappa shape index (κ1) is 16.1. The van der Waals surface area contributed by atoms with Gasteiger partial charge in [-0.1, -0.05) is 12.1 Å². The predicted molar refractivity (Wildman–Crippen MR) is 79.8 cm³/mol. The van der Waals surface area contributed by atoms with Crippen molar-refractivity contribution in [2.24, 2.45) is 5.92 Å². The number of sulfonamides is 1. The Labute approximate surface area is 125 Å². The summed E-state index contributed by atoms with van der Waals surface area (Å²) in [6, 6.07) is 5.97. The molecule has 0 aliphatic carbocycles. The molecule has 1 aliphatic rings. The van der Waals surface area contributed by atoms with Gasteiger partial charge in [0.15, 0.2) is 5.78 Å². The number of ketones is 1. The fourth-order valence-electron chi connectivity index (χ4n) is 2.51. The lowest BCUT2D eigenvalue weighted by Crippen LogP contribution is -2.40. The van der Waals surface area contributed by atoms with Crippen molar-refractivity contribution in [2.75, 3.05) is 13.2 Å². The van der Waals surface area contributed by atoms with E-state index in [-0.39, 0.29) is 22.6 Å². The number of carbonyl (C=O) groups is 1. The van der Waals surface area contributed by atoms with Crippen LogP contribution < -0.4 is 4.72 Å². The maximum atomic E-state index is 12.4. The highest BCUT2D eigenvalue weighted by Gasteiger charge is 2.25. The molecule has 0 aromatic heterocycles. The van der Waals surface area contributed by atoms with Crippen LogP contribution in [0.1, 0.15) is 37.0 Å². The molecule has 6 heteroatoms. The van der Waals surface area contributed by atoms with Crippen LogP contribution in [0, 0.1) is 5.92 Å². The summed E-state index contributed by atoms with van der Waals surface area (Å²) in [6.07, 6.45) is 1.72.